The first-order valence-electron chi connectivity index (χ1n) is 9.51. The minimum Gasteiger partial charge on any atom is -0.371 e. The summed E-state index contributed by atoms with van der Waals surface area (Å²) in [6.45, 7) is 4.60. The van der Waals surface area contributed by atoms with Gasteiger partial charge < -0.3 is 10.2 Å². The van der Waals surface area contributed by atoms with Gasteiger partial charge in [0.25, 0.3) is 0 Å². The Balaban J connectivity index is 1.19. The van der Waals surface area contributed by atoms with Gasteiger partial charge in [-0.1, -0.05) is 48.0 Å². The maximum Gasteiger partial charge on any atom is 0.0438 e. The summed E-state index contributed by atoms with van der Waals surface area (Å²) in [5.41, 5.74) is 3.26. The van der Waals surface area contributed by atoms with Gasteiger partial charge in [-0.25, -0.2) is 0 Å². The van der Waals surface area contributed by atoms with E-state index in [9.17, 15) is 0 Å². The van der Waals surface area contributed by atoms with Gasteiger partial charge in [-0.15, -0.1) is 0 Å². The first-order chi connectivity index (χ1) is 12.3. The minimum atomic E-state index is 0.628. The van der Waals surface area contributed by atoms with Crippen LogP contribution in [0, 0.1) is 11.3 Å². The van der Waals surface area contributed by atoms with E-state index in [0.717, 1.165) is 30.5 Å². The molecule has 1 unspecified atom stereocenters. The summed E-state index contributed by atoms with van der Waals surface area (Å²) in [4.78, 5) is 2.55. The largest absolute Gasteiger partial charge is 0.371 e. The Morgan fingerprint density at radius 2 is 1.72 bits per heavy atom. The topological polar surface area (TPSA) is 15.3 Å². The van der Waals surface area contributed by atoms with Crippen molar-refractivity contribution in [1.29, 1.82) is 0 Å². The molecular weight excluding hydrogens is 328 g/mol. The zero-order valence-corrected chi connectivity index (χ0v) is 15.5. The lowest BCUT2D eigenvalue weighted by Gasteiger charge is -2.34. The Labute approximate surface area is 156 Å². The summed E-state index contributed by atoms with van der Waals surface area (Å²) in [6.07, 6.45) is 5.12. The van der Waals surface area contributed by atoms with Gasteiger partial charge in [0.05, 0.1) is 0 Å². The summed E-state index contributed by atoms with van der Waals surface area (Å²) >= 11 is 6.23. The van der Waals surface area contributed by atoms with E-state index >= 15 is 0 Å². The van der Waals surface area contributed by atoms with Crippen molar-refractivity contribution in [1.82, 2.24) is 5.32 Å². The molecule has 0 aromatic heterocycles. The Kier molecular flexibility index (Phi) is 5.00. The van der Waals surface area contributed by atoms with Gasteiger partial charge in [-0.2, -0.15) is 0 Å². The van der Waals surface area contributed by atoms with Crippen molar-refractivity contribution in [3.63, 3.8) is 0 Å². The Morgan fingerprint density at radius 1 is 1.00 bits per heavy atom. The third kappa shape index (κ3) is 3.86. The van der Waals surface area contributed by atoms with Crippen LogP contribution < -0.4 is 10.2 Å². The summed E-state index contributed by atoms with van der Waals surface area (Å²) < 4.78 is 0. The molecule has 25 heavy (non-hydrogen) atoms. The van der Waals surface area contributed by atoms with Crippen molar-refractivity contribution in [2.75, 3.05) is 31.1 Å². The van der Waals surface area contributed by atoms with Crippen LogP contribution in [0.1, 0.15) is 24.8 Å². The molecule has 1 spiro atoms. The fraction of sp³-hybridized carbons (Fsp3) is 0.455. The van der Waals surface area contributed by atoms with Crippen molar-refractivity contribution in [3.05, 3.63) is 65.2 Å². The molecule has 4 rings (SSSR count). The fourth-order valence-electron chi connectivity index (χ4n) is 4.38. The van der Waals surface area contributed by atoms with E-state index < -0.39 is 0 Å². The van der Waals surface area contributed by atoms with Gasteiger partial charge in [0.15, 0.2) is 0 Å². The van der Waals surface area contributed by atoms with Gasteiger partial charge >= 0.3 is 0 Å². The standard InChI is InChI=1S/C22H27ClN2/c23-21-9-5-4-6-18(21)10-13-24-17-19-16-22(19)11-14-25(15-12-22)20-7-2-1-3-8-20/h1-9,19,24H,10-17H2. The molecule has 2 aliphatic rings. The SMILES string of the molecule is Clc1ccccc1CCNCC1CC12CCN(c1ccccc1)CC2. The minimum absolute atomic E-state index is 0.628. The molecule has 1 heterocycles. The smallest absolute Gasteiger partial charge is 0.0438 e. The number of halogens is 1. The molecule has 2 fully saturated rings. The van der Waals surface area contributed by atoms with Crippen LogP contribution in [0.4, 0.5) is 5.69 Å². The second kappa shape index (κ2) is 7.39. The monoisotopic (exact) mass is 354 g/mol. The molecular formula is C22H27ClN2. The van der Waals surface area contributed by atoms with Gasteiger partial charge in [0, 0.05) is 23.8 Å². The second-order valence-electron chi connectivity index (χ2n) is 7.63. The summed E-state index contributed by atoms with van der Waals surface area (Å²) in [7, 11) is 0. The summed E-state index contributed by atoms with van der Waals surface area (Å²) in [5.74, 6) is 0.872. The first-order valence-corrected chi connectivity index (χ1v) is 9.89. The Morgan fingerprint density at radius 3 is 2.48 bits per heavy atom. The van der Waals surface area contributed by atoms with E-state index in [-0.39, 0.29) is 0 Å². The number of piperidine rings is 1. The lowest BCUT2D eigenvalue weighted by atomic mass is 9.90. The van der Waals surface area contributed by atoms with Crippen LogP contribution in [0.3, 0.4) is 0 Å². The van der Waals surface area contributed by atoms with Crippen LogP contribution in [-0.2, 0) is 6.42 Å². The molecule has 0 radical (unpaired) electrons. The van der Waals surface area contributed by atoms with E-state index in [1.807, 2.05) is 12.1 Å². The van der Waals surface area contributed by atoms with Crippen molar-refractivity contribution < 1.29 is 0 Å². The number of hydrogen-bond acceptors (Lipinski definition) is 2. The predicted octanol–water partition coefficient (Wildman–Crippen LogP) is 4.78. The van der Waals surface area contributed by atoms with Crippen LogP contribution in [0.15, 0.2) is 54.6 Å². The molecule has 0 bridgehead atoms. The van der Waals surface area contributed by atoms with Crippen LogP contribution in [-0.4, -0.2) is 26.2 Å². The van der Waals surface area contributed by atoms with Gasteiger partial charge in [-0.05, 0) is 73.9 Å². The lowest BCUT2D eigenvalue weighted by molar-refractivity contribution is 0.344. The van der Waals surface area contributed by atoms with E-state index in [0.29, 0.717) is 5.41 Å². The third-order valence-corrected chi connectivity index (χ3v) is 6.53. The van der Waals surface area contributed by atoms with Crippen molar-refractivity contribution in [3.8, 4) is 0 Å². The number of benzene rings is 2. The highest BCUT2D eigenvalue weighted by atomic mass is 35.5. The Bertz CT molecular complexity index is 692. The molecule has 1 aliphatic heterocycles. The molecule has 3 heteroatoms. The molecule has 2 aromatic rings. The predicted molar refractivity (Wildman–Crippen MR) is 106 cm³/mol. The van der Waals surface area contributed by atoms with Gasteiger partial charge in [0.2, 0.25) is 0 Å². The maximum atomic E-state index is 6.23. The fourth-order valence-corrected chi connectivity index (χ4v) is 4.61. The highest BCUT2D eigenvalue weighted by molar-refractivity contribution is 6.31. The molecule has 1 saturated heterocycles. The third-order valence-electron chi connectivity index (χ3n) is 6.16. The summed E-state index contributed by atoms with van der Waals surface area (Å²) in [6, 6.07) is 19.0. The van der Waals surface area contributed by atoms with E-state index in [1.54, 1.807) is 0 Å². The second-order valence-corrected chi connectivity index (χ2v) is 8.04. The molecule has 1 aliphatic carbocycles. The van der Waals surface area contributed by atoms with Crippen LogP contribution in [0.25, 0.3) is 0 Å². The molecule has 0 amide bonds. The van der Waals surface area contributed by atoms with E-state index in [4.69, 9.17) is 11.6 Å². The normalized spacial score (nSPS) is 21.5. The molecule has 1 saturated carbocycles. The lowest BCUT2D eigenvalue weighted by Crippen LogP contribution is -2.36. The average Bonchev–Trinajstić information content (AvgIpc) is 3.33. The van der Waals surface area contributed by atoms with Crippen LogP contribution in [0.2, 0.25) is 5.02 Å². The first kappa shape index (κ1) is 16.9. The van der Waals surface area contributed by atoms with E-state index in [1.165, 1.54) is 43.6 Å². The number of anilines is 1. The van der Waals surface area contributed by atoms with Gasteiger partial charge in [0.1, 0.15) is 0 Å². The van der Waals surface area contributed by atoms with Crippen LogP contribution >= 0.6 is 11.6 Å². The highest BCUT2D eigenvalue weighted by Gasteiger charge is 2.54. The van der Waals surface area contributed by atoms with Gasteiger partial charge in [-0.3, -0.25) is 0 Å². The zero-order chi connectivity index (χ0) is 17.1. The molecule has 2 aromatic carbocycles. The quantitative estimate of drug-likeness (QED) is 0.751. The van der Waals surface area contributed by atoms with Crippen LogP contribution in [0.5, 0.6) is 0 Å². The Hall–Kier alpha value is -1.51. The molecule has 132 valence electrons. The highest BCUT2D eigenvalue weighted by Crippen LogP contribution is 2.59. The number of nitrogens with one attached hydrogen (secondary N) is 1. The van der Waals surface area contributed by atoms with E-state index in [2.05, 4.69) is 52.7 Å². The number of hydrogen-bond donors (Lipinski definition) is 1. The maximum absolute atomic E-state index is 6.23. The van der Waals surface area contributed by atoms with Crippen molar-refractivity contribution in [2.45, 2.75) is 25.7 Å². The number of para-hydroxylation sites is 1. The molecule has 2 nitrogen and oxygen atoms in total. The molecule has 1 atom stereocenters. The summed E-state index contributed by atoms with van der Waals surface area (Å²) in [5, 5.41) is 4.55. The number of rotatable bonds is 6. The zero-order valence-electron chi connectivity index (χ0n) is 14.8. The number of nitrogens with zero attached hydrogens (tertiary/aromatic N) is 1. The molecule has 1 N–H and O–H groups in total. The van der Waals surface area contributed by atoms with Crippen molar-refractivity contribution in [2.24, 2.45) is 11.3 Å². The van der Waals surface area contributed by atoms with Crippen molar-refractivity contribution >= 4 is 17.3 Å². The average molecular weight is 355 g/mol.